The van der Waals surface area contributed by atoms with E-state index < -0.39 is 6.10 Å². The predicted molar refractivity (Wildman–Crippen MR) is 88.9 cm³/mol. The van der Waals surface area contributed by atoms with E-state index >= 15 is 0 Å². The predicted octanol–water partition coefficient (Wildman–Crippen LogP) is 2.36. The van der Waals surface area contributed by atoms with Gasteiger partial charge in [0, 0.05) is 5.56 Å². The maximum atomic E-state index is 13.4. The molecule has 0 bridgehead atoms. The molecule has 0 radical (unpaired) electrons. The summed E-state index contributed by atoms with van der Waals surface area (Å²) in [5, 5.41) is 13.9. The fourth-order valence-electron chi connectivity index (χ4n) is 2.20. The van der Waals surface area contributed by atoms with Crippen LogP contribution < -0.4 is 4.74 Å². The Kier molecular flexibility index (Phi) is 5.71. The Labute approximate surface area is 144 Å². The number of aliphatic hydroxyl groups is 1. The number of nitrogens with zero attached hydrogens (tertiary/aromatic N) is 3. The highest BCUT2D eigenvalue weighted by atomic mass is 19.1. The van der Waals surface area contributed by atoms with Gasteiger partial charge in [0.15, 0.2) is 0 Å². The first-order valence-corrected chi connectivity index (χ1v) is 7.79. The molecule has 1 aromatic heterocycles. The SMILES string of the molecule is OC(COCc1ccccc1F)COc1ccc(-n2cncn2)cc1. The molecular formula is C18H18FN3O3. The molecule has 7 heteroatoms. The molecule has 0 aliphatic heterocycles. The van der Waals surface area contributed by atoms with Crippen molar-refractivity contribution in [1.82, 2.24) is 14.8 Å². The Balaban J connectivity index is 1.41. The van der Waals surface area contributed by atoms with Gasteiger partial charge in [-0.3, -0.25) is 0 Å². The van der Waals surface area contributed by atoms with Crippen LogP contribution in [0.4, 0.5) is 4.39 Å². The molecule has 0 amide bonds. The van der Waals surface area contributed by atoms with Crippen LogP contribution >= 0.6 is 0 Å². The van der Waals surface area contributed by atoms with Crippen molar-refractivity contribution in [2.24, 2.45) is 0 Å². The summed E-state index contributed by atoms with van der Waals surface area (Å²) in [6.07, 6.45) is 2.26. The first-order chi connectivity index (χ1) is 12.2. The highest BCUT2D eigenvalue weighted by Crippen LogP contribution is 2.15. The van der Waals surface area contributed by atoms with Crippen LogP contribution in [0.2, 0.25) is 0 Å². The summed E-state index contributed by atoms with van der Waals surface area (Å²) in [5.74, 6) is 0.303. The zero-order valence-electron chi connectivity index (χ0n) is 13.5. The quantitative estimate of drug-likeness (QED) is 0.680. The second-order valence-corrected chi connectivity index (χ2v) is 5.41. The molecule has 0 saturated heterocycles. The van der Waals surface area contributed by atoms with Crippen LogP contribution in [0.5, 0.6) is 5.75 Å². The molecule has 3 aromatic rings. The Morgan fingerprint density at radius 3 is 2.60 bits per heavy atom. The molecule has 130 valence electrons. The monoisotopic (exact) mass is 343 g/mol. The van der Waals surface area contributed by atoms with E-state index in [-0.39, 0.29) is 25.6 Å². The van der Waals surface area contributed by atoms with Crippen LogP contribution in [0.1, 0.15) is 5.56 Å². The molecule has 25 heavy (non-hydrogen) atoms. The van der Waals surface area contributed by atoms with Crippen molar-refractivity contribution in [2.45, 2.75) is 12.7 Å². The molecule has 1 heterocycles. The van der Waals surface area contributed by atoms with Gasteiger partial charge in [-0.05, 0) is 30.3 Å². The van der Waals surface area contributed by atoms with Crippen LogP contribution in [0.3, 0.4) is 0 Å². The number of benzene rings is 2. The van der Waals surface area contributed by atoms with Gasteiger partial charge in [0.1, 0.15) is 36.9 Å². The topological polar surface area (TPSA) is 69.4 Å². The van der Waals surface area contributed by atoms with Gasteiger partial charge in [0.05, 0.1) is 18.9 Å². The molecule has 0 spiro atoms. The zero-order chi connectivity index (χ0) is 17.5. The molecule has 1 N–H and O–H groups in total. The van der Waals surface area contributed by atoms with Crippen LogP contribution in [-0.2, 0) is 11.3 Å². The lowest BCUT2D eigenvalue weighted by Gasteiger charge is -2.13. The van der Waals surface area contributed by atoms with E-state index in [0.717, 1.165) is 5.69 Å². The Bertz CT molecular complexity index is 779. The number of aliphatic hydroxyl groups excluding tert-OH is 1. The van der Waals surface area contributed by atoms with Crippen LogP contribution in [0, 0.1) is 5.82 Å². The molecule has 3 rings (SSSR count). The average Bonchev–Trinajstić information content (AvgIpc) is 3.17. The standard InChI is InChI=1S/C18H18FN3O3/c19-18-4-2-1-3-14(18)9-24-10-16(23)11-25-17-7-5-15(6-8-17)22-13-20-12-21-22/h1-8,12-13,16,23H,9-11H2. The summed E-state index contributed by atoms with van der Waals surface area (Å²) >= 11 is 0. The summed E-state index contributed by atoms with van der Waals surface area (Å²) in [7, 11) is 0. The fourth-order valence-corrected chi connectivity index (χ4v) is 2.20. The number of halogens is 1. The maximum absolute atomic E-state index is 13.4. The van der Waals surface area contributed by atoms with E-state index in [1.54, 1.807) is 41.3 Å². The molecule has 2 aromatic carbocycles. The largest absolute Gasteiger partial charge is 0.491 e. The summed E-state index contributed by atoms with van der Waals surface area (Å²) < 4.78 is 25.9. The van der Waals surface area contributed by atoms with E-state index in [0.29, 0.717) is 11.3 Å². The van der Waals surface area contributed by atoms with Gasteiger partial charge < -0.3 is 14.6 Å². The Hall–Kier alpha value is -2.77. The number of ether oxygens (including phenoxy) is 2. The normalized spacial score (nSPS) is 12.1. The molecule has 6 nitrogen and oxygen atoms in total. The van der Waals surface area contributed by atoms with Crippen LogP contribution in [0.15, 0.2) is 61.2 Å². The van der Waals surface area contributed by atoms with Crippen molar-refractivity contribution in [3.8, 4) is 11.4 Å². The fraction of sp³-hybridized carbons (Fsp3) is 0.222. The number of rotatable bonds is 8. The lowest BCUT2D eigenvalue weighted by Crippen LogP contribution is -2.23. The van der Waals surface area contributed by atoms with E-state index in [2.05, 4.69) is 10.1 Å². The van der Waals surface area contributed by atoms with Crippen LogP contribution in [0.25, 0.3) is 5.69 Å². The molecule has 0 aliphatic carbocycles. The minimum absolute atomic E-state index is 0.0609. The number of hydrogen-bond donors (Lipinski definition) is 1. The third-order valence-electron chi connectivity index (χ3n) is 3.49. The molecular weight excluding hydrogens is 325 g/mol. The molecule has 1 atom stereocenters. The van der Waals surface area contributed by atoms with E-state index in [1.807, 2.05) is 12.1 Å². The van der Waals surface area contributed by atoms with E-state index in [9.17, 15) is 9.50 Å². The lowest BCUT2D eigenvalue weighted by atomic mass is 10.2. The van der Waals surface area contributed by atoms with Gasteiger partial charge in [0.2, 0.25) is 0 Å². The average molecular weight is 343 g/mol. The van der Waals surface area contributed by atoms with Crippen molar-refractivity contribution >= 4 is 0 Å². The van der Waals surface area contributed by atoms with Gasteiger partial charge >= 0.3 is 0 Å². The molecule has 0 saturated carbocycles. The second-order valence-electron chi connectivity index (χ2n) is 5.41. The molecule has 0 fully saturated rings. The Morgan fingerprint density at radius 2 is 1.88 bits per heavy atom. The van der Waals surface area contributed by atoms with Gasteiger partial charge in [-0.25, -0.2) is 14.1 Å². The number of hydrogen-bond acceptors (Lipinski definition) is 5. The molecule has 0 aliphatic rings. The minimum Gasteiger partial charge on any atom is -0.491 e. The zero-order valence-corrected chi connectivity index (χ0v) is 13.5. The first kappa shape index (κ1) is 17.1. The van der Waals surface area contributed by atoms with Crippen molar-refractivity contribution in [1.29, 1.82) is 0 Å². The van der Waals surface area contributed by atoms with Gasteiger partial charge in [-0.15, -0.1) is 0 Å². The van der Waals surface area contributed by atoms with E-state index in [1.165, 1.54) is 12.4 Å². The van der Waals surface area contributed by atoms with E-state index in [4.69, 9.17) is 9.47 Å². The minimum atomic E-state index is -0.804. The number of aromatic nitrogens is 3. The van der Waals surface area contributed by atoms with Crippen molar-refractivity contribution < 1.29 is 19.0 Å². The third-order valence-corrected chi connectivity index (χ3v) is 3.49. The van der Waals surface area contributed by atoms with Gasteiger partial charge in [0.25, 0.3) is 0 Å². The highest BCUT2D eigenvalue weighted by molar-refractivity contribution is 5.36. The van der Waals surface area contributed by atoms with Gasteiger partial charge in [-0.1, -0.05) is 18.2 Å². The summed E-state index contributed by atoms with van der Waals surface area (Å²) in [6.45, 7) is 0.252. The van der Waals surface area contributed by atoms with Crippen molar-refractivity contribution in [3.63, 3.8) is 0 Å². The van der Waals surface area contributed by atoms with Crippen LogP contribution in [-0.4, -0.2) is 39.2 Å². The van der Waals surface area contributed by atoms with Crippen molar-refractivity contribution in [3.05, 3.63) is 72.6 Å². The molecule has 1 unspecified atom stereocenters. The lowest BCUT2D eigenvalue weighted by molar-refractivity contribution is 0.00476. The smallest absolute Gasteiger partial charge is 0.138 e. The Morgan fingerprint density at radius 1 is 1.08 bits per heavy atom. The second kappa shape index (κ2) is 8.36. The summed E-state index contributed by atoms with van der Waals surface area (Å²) in [4.78, 5) is 3.89. The summed E-state index contributed by atoms with van der Waals surface area (Å²) in [6, 6.07) is 13.6. The van der Waals surface area contributed by atoms with Gasteiger partial charge in [-0.2, -0.15) is 5.10 Å². The third kappa shape index (κ3) is 4.85. The summed E-state index contributed by atoms with van der Waals surface area (Å²) in [5.41, 5.74) is 1.32. The maximum Gasteiger partial charge on any atom is 0.138 e. The highest BCUT2D eigenvalue weighted by Gasteiger charge is 2.08. The first-order valence-electron chi connectivity index (χ1n) is 7.79. The van der Waals surface area contributed by atoms with Crippen molar-refractivity contribution in [2.75, 3.05) is 13.2 Å².